The van der Waals surface area contributed by atoms with Crippen molar-refractivity contribution in [1.29, 1.82) is 0 Å². The van der Waals surface area contributed by atoms with Crippen molar-refractivity contribution in [2.24, 2.45) is 0 Å². The van der Waals surface area contributed by atoms with Crippen LogP contribution >= 0.6 is 0 Å². The maximum atomic E-state index is 14.2. The minimum atomic E-state index is -5.07. The topological polar surface area (TPSA) is 9.23 Å². The normalized spacial score (nSPS) is 20.5. The average Bonchev–Trinajstić information content (AvgIpc) is 2.71. The molecular weight excluding hydrogens is 522 g/mol. The van der Waals surface area contributed by atoms with Crippen LogP contribution in [0.15, 0.2) is 0 Å². The molecule has 0 radical (unpaired) electrons. The fourth-order valence-corrected chi connectivity index (χ4v) is 15.3. The van der Waals surface area contributed by atoms with Gasteiger partial charge in [0.25, 0.3) is 0 Å². The Morgan fingerprint density at radius 2 is 0.966 bits per heavy atom. The number of alkyl halides is 9. The van der Waals surface area contributed by atoms with Crippen molar-refractivity contribution in [2.45, 2.75) is 82.9 Å². The van der Waals surface area contributed by atoms with Crippen molar-refractivity contribution in [1.82, 2.24) is 0 Å². The summed E-state index contributed by atoms with van der Waals surface area (Å²) in [5, 5.41) is 0. The first kappa shape index (κ1) is 29.1. The zero-order chi connectivity index (χ0) is 22.4. The molecule has 29 heavy (non-hydrogen) atoms. The van der Waals surface area contributed by atoms with Crippen LogP contribution in [-0.2, 0) is 3.07 Å². The summed E-state index contributed by atoms with van der Waals surface area (Å²) >= 11 is -5.07. The molecule has 0 spiro atoms. The number of halogens is 9. The average molecular weight is 553 g/mol. The van der Waals surface area contributed by atoms with E-state index < -0.39 is 89.2 Å². The van der Waals surface area contributed by atoms with Crippen LogP contribution in [0, 0.1) is 0 Å². The Bertz CT molecular complexity index is 362. The molecule has 0 aliphatic rings. The molecule has 11 heteroatoms. The Balaban J connectivity index is 5.60. The summed E-state index contributed by atoms with van der Waals surface area (Å²) < 4.78 is 123. The Morgan fingerprint density at radius 3 is 1.28 bits per heavy atom. The number of hydrogen-bond donors (Lipinski definition) is 0. The van der Waals surface area contributed by atoms with E-state index in [0.29, 0.717) is 12.8 Å². The van der Waals surface area contributed by atoms with E-state index >= 15 is 0 Å². The first-order chi connectivity index (χ1) is 13.7. The van der Waals surface area contributed by atoms with Crippen molar-refractivity contribution >= 4 is 18.8 Å². The van der Waals surface area contributed by atoms with Gasteiger partial charge in [-0.1, -0.05) is 0 Å². The third-order valence-corrected chi connectivity index (χ3v) is 16.8. The van der Waals surface area contributed by atoms with Crippen molar-refractivity contribution in [3.05, 3.63) is 0 Å². The van der Waals surface area contributed by atoms with Gasteiger partial charge >= 0.3 is 171 Å². The molecule has 0 saturated heterocycles. The van der Waals surface area contributed by atoms with Gasteiger partial charge in [0, 0.05) is 0 Å². The second-order valence-corrected chi connectivity index (χ2v) is 18.3. The van der Waals surface area contributed by atoms with Gasteiger partial charge in [-0.05, 0) is 0 Å². The van der Waals surface area contributed by atoms with Crippen LogP contribution in [0.4, 0.5) is 39.5 Å². The second kappa shape index (κ2) is 15.9. The van der Waals surface area contributed by atoms with Crippen LogP contribution in [0.5, 0.6) is 0 Å². The molecule has 0 aliphatic carbocycles. The molecule has 0 fully saturated rings. The summed E-state index contributed by atoms with van der Waals surface area (Å²) in [5.41, 5.74) is 0. The van der Waals surface area contributed by atoms with Crippen molar-refractivity contribution in [2.75, 3.05) is 26.6 Å². The predicted octanol–water partition coefficient (Wildman–Crippen LogP) is 6.47. The van der Waals surface area contributed by atoms with Gasteiger partial charge in [-0.2, -0.15) is 0 Å². The predicted molar refractivity (Wildman–Crippen MR) is 97.6 cm³/mol. The molecule has 0 rings (SSSR count). The van der Waals surface area contributed by atoms with E-state index in [4.69, 9.17) is 3.07 Å². The van der Waals surface area contributed by atoms with Gasteiger partial charge in [0.1, 0.15) is 0 Å². The summed E-state index contributed by atoms with van der Waals surface area (Å²) in [4.78, 5) is 0. The molecule has 0 amide bonds. The summed E-state index contributed by atoms with van der Waals surface area (Å²) in [6, 6.07) is 0. The van der Waals surface area contributed by atoms with E-state index in [-0.39, 0.29) is 6.61 Å². The third-order valence-electron chi connectivity index (χ3n) is 4.73. The fourth-order valence-electron chi connectivity index (χ4n) is 2.98. The summed E-state index contributed by atoms with van der Waals surface area (Å²) in [6.07, 6.45) is -12.5. The molecule has 6 atom stereocenters. The van der Waals surface area contributed by atoms with Crippen LogP contribution in [0.3, 0.4) is 0 Å². The summed E-state index contributed by atoms with van der Waals surface area (Å²) in [6.45, 7) is -3.25. The van der Waals surface area contributed by atoms with Gasteiger partial charge in [0.2, 0.25) is 0 Å². The minimum absolute atomic E-state index is 0.103. The number of hydrogen-bond acceptors (Lipinski definition) is 1. The molecule has 0 N–H and O–H groups in total. The first-order valence-corrected chi connectivity index (χ1v) is 17.0. The molecule has 0 heterocycles. The van der Waals surface area contributed by atoms with E-state index in [9.17, 15) is 39.5 Å². The number of unbranched alkanes of at least 4 members (excludes halogenated alkanes) is 3. The SMILES string of the molecule is CCCCCC[O][Sn]([CH2]C(F)C(F)CF)([CH2]C(F)C(F)CF)[CH2]C(F)C(F)CF. The van der Waals surface area contributed by atoms with Crippen molar-refractivity contribution < 1.29 is 42.6 Å². The van der Waals surface area contributed by atoms with Crippen molar-refractivity contribution in [3.63, 3.8) is 0 Å². The van der Waals surface area contributed by atoms with Crippen LogP contribution in [0.25, 0.3) is 0 Å². The zero-order valence-corrected chi connectivity index (χ0v) is 19.4. The molecule has 6 unspecified atom stereocenters. The molecule has 1 nitrogen and oxygen atoms in total. The van der Waals surface area contributed by atoms with E-state index in [1.54, 1.807) is 0 Å². The third kappa shape index (κ3) is 11.4. The van der Waals surface area contributed by atoms with E-state index in [2.05, 4.69) is 0 Å². The van der Waals surface area contributed by atoms with Gasteiger partial charge in [0.05, 0.1) is 0 Å². The molecule has 0 aromatic rings. The standard InChI is InChI=1S/C6H13O.3C4H6F3.Sn/c1-2-3-4-5-6-7;3*1-3(6)4(7)2-5;/h2-6H2,1H3;3*3-4H,1-2H2;/q-1;;;;+1. The van der Waals surface area contributed by atoms with Crippen LogP contribution < -0.4 is 0 Å². The molecular formula is C18H31F9OSn. The van der Waals surface area contributed by atoms with Gasteiger partial charge in [-0.25, -0.2) is 0 Å². The fraction of sp³-hybridized carbons (Fsp3) is 1.00. The molecule has 176 valence electrons. The second-order valence-electron chi connectivity index (χ2n) is 7.26. The van der Waals surface area contributed by atoms with Gasteiger partial charge in [0.15, 0.2) is 0 Å². The zero-order valence-electron chi connectivity index (χ0n) is 16.6. The van der Waals surface area contributed by atoms with Crippen LogP contribution in [-0.4, -0.2) is 82.5 Å². The summed E-state index contributed by atoms with van der Waals surface area (Å²) in [5.74, 6) is 0. The molecule has 0 bridgehead atoms. The number of rotatable bonds is 18. The van der Waals surface area contributed by atoms with Gasteiger partial charge in [-0.3, -0.25) is 0 Å². The molecule has 0 aliphatic heterocycles. The van der Waals surface area contributed by atoms with E-state index in [1.165, 1.54) is 0 Å². The monoisotopic (exact) mass is 554 g/mol. The van der Waals surface area contributed by atoms with Crippen LogP contribution in [0.1, 0.15) is 32.6 Å². The van der Waals surface area contributed by atoms with Crippen LogP contribution in [0.2, 0.25) is 13.3 Å². The quantitative estimate of drug-likeness (QED) is 0.108. The van der Waals surface area contributed by atoms with Gasteiger partial charge < -0.3 is 0 Å². The molecule has 0 aromatic carbocycles. The Kier molecular flexibility index (Phi) is 15.9. The Morgan fingerprint density at radius 1 is 0.586 bits per heavy atom. The van der Waals surface area contributed by atoms with E-state index in [0.717, 1.165) is 12.8 Å². The Hall–Kier alpha value is 0.129. The molecule has 0 aromatic heterocycles. The first-order valence-electron chi connectivity index (χ1n) is 9.82. The summed E-state index contributed by atoms with van der Waals surface area (Å²) in [7, 11) is 0. The maximum absolute atomic E-state index is 14.2. The van der Waals surface area contributed by atoms with E-state index in [1.807, 2.05) is 6.92 Å². The molecule has 0 saturated carbocycles. The van der Waals surface area contributed by atoms with Crippen molar-refractivity contribution in [3.8, 4) is 0 Å². The Labute approximate surface area is 171 Å². The van der Waals surface area contributed by atoms with Gasteiger partial charge in [-0.15, -0.1) is 0 Å².